The predicted molar refractivity (Wildman–Crippen MR) is 86.1 cm³/mol. The summed E-state index contributed by atoms with van der Waals surface area (Å²) in [5.74, 6) is 0. The molecule has 29 heteroatoms. The van der Waals surface area contributed by atoms with Gasteiger partial charge < -0.3 is 117 Å². The third-order valence-electron chi connectivity index (χ3n) is 0. The van der Waals surface area contributed by atoms with Crippen molar-refractivity contribution in [3.63, 3.8) is 0 Å². The summed E-state index contributed by atoms with van der Waals surface area (Å²) in [6.07, 6.45) is 0. The Hall–Kier alpha value is -4.27. The van der Waals surface area contributed by atoms with Gasteiger partial charge in [-0.3, -0.25) is 0 Å². The summed E-state index contributed by atoms with van der Waals surface area (Å²) in [4.78, 5) is 49.5. The maximum Gasteiger partial charge on any atom is 2.00 e. The van der Waals surface area contributed by atoms with Gasteiger partial charge in [-0.15, -0.1) is 0 Å². The van der Waals surface area contributed by atoms with Crippen LogP contribution in [-0.4, -0.2) is 30.5 Å². The van der Waals surface area contributed by atoms with Crippen LogP contribution in [-0.2, 0) is 21.1 Å². The van der Waals surface area contributed by atoms with Crippen molar-refractivity contribution in [3.05, 3.63) is 91.9 Å². The van der Waals surface area contributed by atoms with Crippen LogP contribution in [0.1, 0.15) is 0 Å². The molecule has 0 unspecified atom stereocenters. The monoisotopic (exact) mass is 639 g/mol. The Morgan fingerprint density at radius 2 is 0.276 bits per heavy atom. The normalized spacial score (nSPS) is 4.97. The van der Waals surface area contributed by atoms with Gasteiger partial charge >= 0.3 is 21.1 Å². The molecule has 0 aromatic rings. The minimum Gasteiger partial charge on any atom is -0.369 e. The van der Waals surface area contributed by atoms with E-state index in [-0.39, 0.29) is 45.7 Å². The minimum absolute atomic E-state index is 0. The molecule has 0 aliphatic rings. The zero-order valence-corrected chi connectivity index (χ0v) is 16.6. The van der Waals surface area contributed by atoms with Gasteiger partial charge in [0.15, 0.2) is 0 Å². The van der Waals surface area contributed by atoms with Crippen LogP contribution in [0.3, 0.4) is 0 Å². The average Bonchev–Trinajstić information content (AvgIpc) is 2.08. The smallest absolute Gasteiger partial charge is 0.369 e. The largest absolute Gasteiger partial charge is 2.00 e. The fourth-order valence-corrected chi connectivity index (χ4v) is 0. The summed E-state index contributed by atoms with van der Waals surface area (Å²) in [5.41, 5.74) is 0. The Bertz CT molecular complexity index is 264. The van der Waals surface area contributed by atoms with Crippen LogP contribution in [0.2, 0.25) is 0 Å². The summed E-state index contributed by atoms with van der Waals surface area (Å²) >= 11 is 0. The van der Waals surface area contributed by atoms with E-state index in [0.29, 0.717) is 0 Å². The van der Waals surface area contributed by atoms with Crippen molar-refractivity contribution in [2.45, 2.75) is 0 Å². The van der Waals surface area contributed by atoms with Crippen molar-refractivity contribution in [1.82, 2.24) is 24.6 Å². The molecule has 0 aromatic carbocycles. The van der Waals surface area contributed by atoms with Gasteiger partial charge in [-0.1, -0.05) is 0 Å². The minimum atomic E-state index is -1.75. The summed E-state index contributed by atoms with van der Waals surface area (Å²) in [7, 11) is 0. The van der Waals surface area contributed by atoms with Crippen LogP contribution in [0.15, 0.2) is 0 Å². The van der Waals surface area contributed by atoms with Crippen molar-refractivity contribution in [1.29, 1.82) is 0 Å². The number of hydrogen-bond acceptors (Lipinski definition) is 18. The molecule has 0 radical (unpaired) electrons. The second-order valence-electron chi connectivity index (χ2n) is 1.34. The van der Waals surface area contributed by atoms with Gasteiger partial charge in [0.2, 0.25) is 0 Å². The van der Waals surface area contributed by atoms with E-state index in [1.54, 1.807) is 0 Å². The van der Waals surface area contributed by atoms with Gasteiger partial charge in [-0.2, -0.15) is 0 Å². The first-order chi connectivity index (χ1) is 10.4. The average molecular weight is 639 g/mol. The number of rotatable bonds is 0. The molecule has 0 aliphatic carbocycles. The molecule has 0 atom stereocenters. The molecule has 0 saturated heterocycles. The zero-order chi connectivity index (χ0) is 21.5. The first kappa shape index (κ1) is 73.9. The molecule has 0 bridgehead atoms. The Kier molecular flexibility index (Phi) is 166. The third kappa shape index (κ3) is 614. The molecule has 0 aromatic heterocycles. The van der Waals surface area contributed by atoms with E-state index < -0.39 is 30.5 Å². The molecule has 0 fully saturated rings. The number of hydrogen-bond donors (Lipinski definition) is 4. The van der Waals surface area contributed by atoms with E-state index in [1.165, 1.54) is 0 Å². The first-order valence-corrected chi connectivity index (χ1v) is 3.29. The van der Waals surface area contributed by atoms with Crippen LogP contribution < -0.4 is 24.6 Å². The SMILES string of the molecule is O=[N+]([O-])[O-].O=[N+]([O-])[O-].O=[N+]([O-])[O-].O=[N+]([O-])[O-].O=[N+]([O-])[O-].O=[N+]([O-])[O-].[NH4+].[NH4+].[NH4+].[NH4+].[Pt+2]. The van der Waals surface area contributed by atoms with Crippen LogP contribution in [0, 0.1) is 91.9 Å². The van der Waals surface area contributed by atoms with Gasteiger partial charge in [0.1, 0.15) is 0 Å². The molecule has 28 nitrogen and oxygen atoms in total. The topological polar surface area (TPSA) is 543 Å². The van der Waals surface area contributed by atoms with Gasteiger partial charge in [0.05, 0.1) is 30.5 Å². The molecule has 0 amide bonds. The van der Waals surface area contributed by atoms with E-state index in [9.17, 15) is 0 Å². The van der Waals surface area contributed by atoms with Crippen molar-refractivity contribution in [3.8, 4) is 0 Å². The molecule has 0 aliphatic heterocycles. The van der Waals surface area contributed by atoms with Crippen LogP contribution in [0.25, 0.3) is 0 Å². The maximum atomic E-state index is 8.25. The van der Waals surface area contributed by atoms with Gasteiger partial charge in [0.25, 0.3) is 0 Å². The van der Waals surface area contributed by atoms with Crippen LogP contribution in [0.4, 0.5) is 0 Å². The van der Waals surface area contributed by atoms with Crippen molar-refractivity contribution in [2.75, 3.05) is 0 Å². The second-order valence-corrected chi connectivity index (χ2v) is 1.34. The van der Waals surface area contributed by atoms with E-state index in [0.717, 1.165) is 0 Å². The van der Waals surface area contributed by atoms with E-state index in [1.807, 2.05) is 0 Å². The summed E-state index contributed by atoms with van der Waals surface area (Å²) in [5, 5.41) is 88.5. The quantitative estimate of drug-likeness (QED) is 0.201. The fourth-order valence-electron chi connectivity index (χ4n) is 0. The molecule has 0 saturated carbocycles. The fraction of sp³-hybridized carbons (Fsp3) is 0. The number of nitrogens with zero attached hydrogens (tertiary/aromatic N) is 6. The molecular formula is H16N10O18Pt. The molecule has 184 valence electrons. The standard InChI is InChI=1S/6NO3.4H3N.Pt/c6*2-1(3)4;;;;;/h;;;;;;4*1H3;/q6*-1;;;;;+2/p+4. The first-order valence-electron chi connectivity index (χ1n) is 3.29. The van der Waals surface area contributed by atoms with Gasteiger partial charge in [0, 0.05) is 0 Å². The summed E-state index contributed by atoms with van der Waals surface area (Å²) in [6, 6.07) is 0. The van der Waals surface area contributed by atoms with E-state index >= 15 is 0 Å². The van der Waals surface area contributed by atoms with Crippen LogP contribution in [0.5, 0.6) is 0 Å². The third-order valence-corrected chi connectivity index (χ3v) is 0. The van der Waals surface area contributed by atoms with Gasteiger partial charge in [-0.25, -0.2) is 0 Å². The molecule has 29 heavy (non-hydrogen) atoms. The Morgan fingerprint density at radius 3 is 0.276 bits per heavy atom. The summed E-state index contributed by atoms with van der Waals surface area (Å²) in [6.45, 7) is 0. The van der Waals surface area contributed by atoms with Gasteiger partial charge in [-0.05, 0) is 0 Å². The molecule has 0 rings (SSSR count). The molecule has 16 N–H and O–H groups in total. The van der Waals surface area contributed by atoms with Crippen LogP contribution >= 0.6 is 0 Å². The Balaban J connectivity index is -0.0000000144. The predicted octanol–water partition coefficient (Wildman–Crippen LogP) is 0.0677. The Morgan fingerprint density at radius 1 is 0.276 bits per heavy atom. The molecule has 0 spiro atoms. The number of quaternary nitrogens is 4. The maximum absolute atomic E-state index is 8.25. The second kappa shape index (κ2) is 65.0. The van der Waals surface area contributed by atoms with E-state index in [2.05, 4.69) is 0 Å². The van der Waals surface area contributed by atoms with Crippen molar-refractivity contribution < 1.29 is 51.6 Å². The zero-order valence-electron chi connectivity index (χ0n) is 14.3. The Labute approximate surface area is 169 Å². The molecule has 0 heterocycles. The van der Waals surface area contributed by atoms with Crippen molar-refractivity contribution >= 4 is 0 Å². The molecular weight excluding hydrogens is 623 g/mol. The van der Waals surface area contributed by atoms with E-state index in [4.69, 9.17) is 91.9 Å². The summed E-state index contributed by atoms with van der Waals surface area (Å²) < 4.78 is 0. The van der Waals surface area contributed by atoms with Crippen molar-refractivity contribution in [2.24, 2.45) is 0 Å².